The number of amides is 1. The number of carbonyl (C=O) groups excluding carboxylic acids is 1. The molecule has 1 fully saturated rings. The third kappa shape index (κ3) is 4.29. The highest BCUT2D eigenvalue weighted by Gasteiger charge is 2.30. The molecule has 35 heavy (non-hydrogen) atoms. The van der Waals surface area contributed by atoms with Crippen molar-refractivity contribution in [2.75, 3.05) is 24.5 Å². The topological polar surface area (TPSA) is 54.3 Å². The molecule has 1 aliphatic rings. The van der Waals surface area contributed by atoms with Gasteiger partial charge in [0.2, 0.25) is 0 Å². The first-order valence-electron chi connectivity index (χ1n) is 12.4. The number of hydrogen-bond acceptors (Lipinski definition) is 4. The number of nitrogens with zero attached hydrogens (tertiary/aromatic N) is 5. The molecule has 0 radical (unpaired) electrons. The monoisotopic (exact) mass is 467 g/mol. The SMILES string of the molecule is CCc1ccc(-n2nc(C)c3c(C(=O)N4CCN(c5cccc(C)c5)C(C)C4)cc(C)nc32)cc1. The Bertz CT molecular complexity index is 1390. The molecule has 1 amide bonds. The quantitative estimate of drug-likeness (QED) is 0.411. The van der Waals surface area contributed by atoms with Gasteiger partial charge in [-0.15, -0.1) is 0 Å². The van der Waals surface area contributed by atoms with Gasteiger partial charge in [-0.25, -0.2) is 9.67 Å². The van der Waals surface area contributed by atoms with E-state index in [4.69, 9.17) is 10.1 Å². The van der Waals surface area contributed by atoms with E-state index in [1.54, 1.807) is 0 Å². The van der Waals surface area contributed by atoms with Crippen molar-refractivity contribution in [3.05, 3.63) is 82.7 Å². The highest BCUT2D eigenvalue weighted by molar-refractivity contribution is 6.07. The molecule has 2 aromatic heterocycles. The highest BCUT2D eigenvalue weighted by atomic mass is 16.2. The number of benzene rings is 2. The number of aromatic nitrogens is 3. The lowest BCUT2D eigenvalue weighted by molar-refractivity contribution is 0.0728. The predicted octanol–water partition coefficient (Wildman–Crippen LogP) is 5.26. The summed E-state index contributed by atoms with van der Waals surface area (Å²) in [6, 6.07) is 19.1. The maximum atomic E-state index is 13.8. The molecule has 1 saturated heterocycles. The maximum absolute atomic E-state index is 13.8. The van der Waals surface area contributed by atoms with E-state index in [1.807, 2.05) is 29.5 Å². The fourth-order valence-corrected chi connectivity index (χ4v) is 5.14. The number of piperazine rings is 1. The summed E-state index contributed by atoms with van der Waals surface area (Å²) >= 11 is 0. The van der Waals surface area contributed by atoms with Gasteiger partial charge in [-0.3, -0.25) is 4.79 Å². The Morgan fingerprint density at radius 3 is 2.46 bits per heavy atom. The summed E-state index contributed by atoms with van der Waals surface area (Å²) in [5.41, 5.74) is 7.77. The number of rotatable bonds is 4. The average molecular weight is 468 g/mol. The maximum Gasteiger partial charge on any atom is 0.254 e. The fourth-order valence-electron chi connectivity index (χ4n) is 5.14. The van der Waals surface area contributed by atoms with Crippen molar-refractivity contribution in [2.24, 2.45) is 0 Å². The molecule has 0 spiro atoms. The van der Waals surface area contributed by atoms with Crippen LogP contribution in [-0.2, 0) is 6.42 Å². The Morgan fingerprint density at radius 2 is 1.77 bits per heavy atom. The Hall–Kier alpha value is -3.67. The first kappa shape index (κ1) is 23.1. The molecular formula is C29H33N5O. The minimum absolute atomic E-state index is 0.0558. The van der Waals surface area contributed by atoms with Crippen LogP contribution in [0.2, 0.25) is 0 Å². The third-order valence-electron chi connectivity index (χ3n) is 7.01. The molecule has 6 heteroatoms. The van der Waals surface area contributed by atoms with Gasteiger partial charge < -0.3 is 9.80 Å². The third-order valence-corrected chi connectivity index (χ3v) is 7.01. The van der Waals surface area contributed by atoms with Gasteiger partial charge in [0.25, 0.3) is 5.91 Å². The van der Waals surface area contributed by atoms with Crippen LogP contribution in [0.4, 0.5) is 5.69 Å². The summed E-state index contributed by atoms with van der Waals surface area (Å²) < 4.78 is 1.87. The summed E-state index contributed by atoms with van der Waals surface area (Å²) in [6.45, 7) is 12.5. The second kappa shape index (κ2) is 9.17. The molecule has 0 saturated carbocycles. The summed E-state index contributed by atoms with van der Waals surface area (Å²) in [5.74, 6) is 0.0558. The number of fused-ring (bicyclic) bond motifs is 1. The normalized spacial score (nSPS) is 16.2. The van der Waals surface area contributed by atoms with Crippen LogP contribution >= 0.6 is 0 Å². The number of carbonyl (C=O) groups is 1. The van der Waals surface area contributed by atoms with Crippen molar-refractivity contribution in [3.63, 3.8) is 0 Å². The Morgan fingerprint density at radius 1 is 1.00 bits per heavy atom. The number of anilines is 1. The van der Waals surface area contributed by atoms with Crippen LogP contribution in [0.25, 0.3) is 16.7 Å². The summed E-state index contributed by atoms with van der Waals surface area (Å²) in [5, 5.41) is 5.64. The molecule has 1 aliphatic heterocycles. The van der Waals surface area contributed by atoms with E-state index in [9.17, 15) is 4.79 Å². The highest BCUT2D eigenvalue weighted by Crippen LogP contribution is 2.28. The lowest BCUT2D eigenvalue weighted by atomic mass is 10.1. The van der Waals surface area contributed by atoms with Crippen molar-refractivity contribution in [2.45, 2.75) is 47.1 Å². The lowest BCUT2D eigenvalue weighted by Gasteiger charge is -2.41. The molecule has 0 aliphatic carbocycles. The standard InChI is InChI=1S/C29H33N5O/c1-6-23-10-12-24(13-11-23)34-28-27(22(5)31-34)26(17-20(3)30-28)29(35)32-14-15-33(21(4)18-32)25-9-7-8-19(2)16-25/h7-13,16-17,21H,6,14-15,18H2,1-5H3. The molecule has 0 N–H and O–H groups in total. The first-order valence-corrected chi connectivity index (χ1v) is 12.4. The first-order chi connectivity index (χ1) is 16.9. The second-order valence-electron chi connectivity index (χ2n) is 9.66. The smallest absolute Gasteiger partial charge is 0.254 e. The molecule has 180 valence electrons. The molecule has 0 bridgehead atoms. The predicted molar refractivity (Wildman–Crippen MR) is 142 cm³/mol. The van der Waals surface area contributed by atoms with Crippen LogP contribution in [0.15, 0.2) is 54.6 Å². The van der Waals surface area contributed by atoms with Gasteiger partial charge in [0.15, 0.2) is 5.65 Å². The van der Waals surface area contributed by atoms with Gasteiger partial charge in [0, 0.05) is 37.1 Å². The molecule has 6 nitrogen and oxygen atoms in total. The van der Waals surface area contributed by atoms with E-state index in [-0.39, 0.29) is 11.9 Å². The Balaban J connectivity index is 1.47. The van der Waals surface area contributed by atoms with Crippen LogP contribution in [0.3, 0.4) is 0 Å². The average Bonchev–Trinajstić information content (AvgIpc) is 3.19. The fraction of sp³-hybridized carbons (Fsp3) is 0.345. The van der Waals surface area contributed by atoms with Crippen LogP contribution in [-0.4, -0.2) is 51.2 Å². The van der Waals surface area contributed by atoms with Crippen LogP contribution in [0.5, 0.6) is 0 Å². The number of pyridine rings is 1. The molecule has 1 unspecified atom stereocenters. The van der Waals surface area contributed by atoms with Crippen molar-refractivity contribution in [1.29, 1.82) is 0 Å². The molecule has 2 aromatic carbocycles. The van der Waals surface area contributed by atoms with E-state index in [1.165, 1.54) is 16.8 Å². The lowest BCUT2D eigenvalue weighted by Crippen LogP contribution is -2.53. The van der Waals surface area contributed by atoms with E-state index >= 15 is 0 Å². The Kier molecular flexibility index (Phi) is 6.05. The zero-order valence-electron chi connectivity index (χ0n) is 21.2. The second-order valence-corrected chi connectivity index (χ2v) is 9.66. The van der Waals surface area contributed by atoms with Gasteiger partial charge >= 0.3 is 0 Å². The summed E-state index contributed by atoms with van der Waals surface area (Å²) in [4.78, 5) is 23.0. The van der Waals surface area contributed by atoms with E-state index < -0.39 is 0 Å². The summed E-state index contributed by atoms with van der Waals surface area (Å²) in [7, 11) is 0. The van der Waals surface area contributed by atoms with Gasteiger partial charge in [0.1, 0.15) is 0 Å². The zero-order valence-corrected chi connectivity index (χ0v) is 21.2. The number of hydrogen-bond donors (Lipinski definition) is 0. The van der Waals surface area contributed by atoms with Gasteiger partial charge in [-0.05, 0) is 75.6 Å². The van der Waals surface area contributed by atoms with Crippen molar-refractivity contribution < 1.29 is 4.79 Å². The minimum atomic E-state index is 0.0558. The molecule has 4 aromatic rings. The van der Waals surface area contributed by atoms with Gasteiger partial charge in [-0.2, -0.15) is 5.10 Å². The largest absolute Gasteiger partial charge is 0.365 e. The summed E-state index contributed by atoms with van der Waals surface area (Å²) in [6.07, 6.45) is 0.991. The van der Waals surface area contributed by atoms with Crippen molar-refractivity contribution in [1.82, 2.24) is 19.7 Å². The van der Waals surface area contributed by atoms with Gasteiger partial charge in [-0.1, -0.05) is 31.2 Å². The zero-order chi connectivity index (χ0) is 24.7. The molecule has 3 heterocycles. The van der Waals surface area contributed by atoms with Crippen molar-refractivity contribution >= 4 is 22.6 Å². The van der Waals surface area contributed by atoms with Crippen LogP contribution in [0, 0.1) is 20.8 Å². The van der Waals surface area contributed by atoms with Crippen LogP contribution in [0.1, 0.15) is 46.7 Å². The van der Waals surface area contributed by atoms with E-state index in [2.05, 4.69) is 74.2 Å². The number of aryl methyl sites for hydroxylation is 4. The Labute approximate surface area is 207 Å². The van der Waals surface area contributed by atoms with E-state index in [0.717, 1.165) is 41.1 Å². The minimum Gasteiger partial charge on any atom is -0.365 e. The van der Waals surface area contributed by atoms with Crippen LogP contribution < -0.4 is 4.90 Å². The van der Waals surface area contributed by atoms with Gasteiger partial charge in [0.05, 0.1) is 22.3 Å². The molecule has 1 atom stereocenters. The molecule has 5 rings (SSSR count). The molecular weight excluding hydrogens is 434 g/mol. The van der Waals surface area contributed by atoms with Crippen molar-refractivity contribution in [3.8, 4) is 5.69 Å². The van der Waals surface area contributed by atoms with E-state index in [0.29, 0.717) is 18.7 Å².